The van der Waals surface area contributed by atoms with E-state index in [1.54, 1.807) is 6.26 Å². The van der Waals surface area contributed by atoms with E-state index < -0.39 is 0 Å². The number of hydrogen-bond acceptors (Lipinski definition) is 4. The summed E-state index contributed by atoms with van der Waals surface area (Å²) in [5.74, 6) is 1.60. The minimum absolute atomic E-state index is 0.657. The maximum atomic E-state index is 5.51. The number of hydrogen-bond donors (Lipinski definition) is 1. The standard InChI is InChI=1S/C13H23N3O/c1-10(2)16-5-4-11(8-16)6-13-15-12(7-14-3)9-17-13/h9-11,14H,4-8H2,1-3H3. The molecule has 4 heteroatoms. The lowest BCUT2D eigenvalue weighted by Gasteiger charge is -2.19. The van der Waals surface area contributed by atoms with Crippen molar-refractivity contribution in [3.63, 3.8) is 0 Å². The Bertz CT molecular complexity index is 348. The summed E-state index contributed by atoms with van der Waals surface area (Å²) >= 11 is 0. The number of aromatic nitrogens is 1. The molecule has 0 bridgehead atoms. The Balaban J connectivity index is 1.84. The summed E-state index contributed by atoms with van der Waals surface area (Å²) in [6, 6.07) is 0.657. The minimum atomic E-state index is 0.657. The summed E-state index contributed by atoms with van der Waals surface area (Å²) in [4.78, 5) is 7.02. The summed E-state index contributed by atoms with van der Waals surface area (Å²) in [5, 5.41) is 3.08. The van der Waals surface area contributed by atoms with Crippen LogP contribution in [-0.4, -0.2) is 36.1 Å². The van der Waals surface area contributed by atoms with Gasteiger partial charge < -0.3 is 14.6 Å². The minimum Gasteiger partial charge on any atom is -0.449 e. The fourth-order valence-electron chi connectivity index (χ4n) is 2.45. The fourth-order valence-corrected chi connectivity index (χ4v) is 2.45. The number of nitrogens with zero attached hydrogens (tertiary/aromatic N) is 2. The zero-order valence-electron chi connectivity index (χ0n) is 11.1. The highest BCUT2D eigenvalue weighted by atomic mass is 16.3. The first-order valence-electron chi connectivity index (χ1n) is 6.51. The topological polar surface area (TPSA) is 41.3 Å². The van der Waals surface area contributed by atoms with Crippen LogP contribution in [0.3, 0.4) is 0 Å². The lowest BCUT2D eigenvalue weighted by atomic mass is 10.1. The van der Waals surface area contributed by atoms with Crippen molar-refractivity contribution in [3.8, 4) is 0 Å². The monoisotopic (exact) mass is 237 g/mol. The maximum Gasteiger partial charge on any atom is 0.194 e. The van der Waals surface area contributed by atoms with E-state index in [0.29, 0.717) is 12.0 Å². The summed E-state index contributed by atoms with van der Waals surface area (Å²) in [6.45, 7) is 7.71. The van der Waals surface area contributed by atoms with Gasteiger partial charge in [-0.1, -0.05) is 0 Å². The molecule has 1 aliphatic heterocycles. The molecule has 1 aromatic heterocycles. The number of oxazole rings is 1. The van der Waals surface area contributed by atoms with E-state index in [9.17, 15) is 0 Å². The average molecular weight is 237 g/mol. The largest absolute Gasteiger partial charge is 0.449 e. The van der Waals surface area contributed by atoms with Gasteiger partial charge in [-0.3, -0.25) is 0 Å². The molecule has 2 heterocycles. The van der Waals surface area contributed by atoms with Crippen LogP contribution in [-0.2, 0) is 13.0 Å². The Morgan fingerprint density at radius 2 is 2.41 bits per heavy atom. The highest BCUT2D eigenvalue weighted by Crippen LogP contribution is 2.22. The van der Waals surface area contributed by atoms with Crippen molar-refractivity contribution in [2.45, 2.75) is 39.3 Å². The normalized spacial score (nSPS) is 21.5. The first-order chi connectivity index (χ1) is 8.19. The van der Waals surface area contributed by atoms with Gasteiger partial charge in [-0.15, -0.1) is 0 Å². The molecule has 0 amide bonds. The quantitative estimate of drug-likeness (QED) is 0.845. The first kappa shape index (κ1) is 12.6. The van der Waals surface area contributed by atoms with Crippen LogP contribution in [0.25, 0.3) is 0 Å². The first-order valence-corrected chi connectivity index (χ1v) is 6.51. The lowest BCUT2D eigenvalue weighted by molar-refractivity contribution is 0.262. The Labute approximate surface area is 103 Å². The van der Waals surface area contributed by atoms with Gasteiger partial charge in [0.25, 0.3) is 0 Å². The van der Waals surface area contributed by atoms with Gasteiger partial charge in [-0.25, -0.2) is 4.98 Å². The van der Waals surface area contributed by atoms with Gasteiger partial charge in [0.1, 0.15) is 6.26 Å². The second kappa shape index (κ2) is 5.65. The Morgan fingerprint density at radius 1 is 1.59 bits per heavy atom. The molecule has 1 unspecified atom stereocenters. The lowest BCUT2D eigenvalue weighted by Crippen LogP contribution is -2.28. The van der Waals surface area contributed by atoms with Crippen molar-refractivity contribution in [1.29, 1.82) is 0 Å². The van der Waals surface area contributed by atoms with Crippen LogP contribution >= 0.6 is 0 Å². The fraction of sp³-hybridized carbons (Fsp3) is 0.769. The molecular weight excluding hydrogens is 214 g/mol. The highest BCUT2D eigenvalue weighted by Gasteiger charge is 2.25. The van der Waals surface area contributed by atoms with Crippen LogP contribution in [0.1, 0.15) is 31.9 Å². The molecule has 1 aliphatic rings. The van der Waals surface area contributed by atoms with Gasteiger partial charge >= 0.3 is 0 Å². The van der Waals surface area contributed by atoms with Crippen LogP contribution in [0, 0.1) is 5.92 Å². The molecule has 1 aromatic rings. The van der Waals surface area contributed by atoms with Crippen molar-refractivity contribution < 1.29 is 4.42 Å². The van der Waals surface area contributed by atoms with Crippen molar-refractivity contribution >= 4 is 0 Å². The Kier molecular flexibility index (Phi) is 4.18. The molecule has 4 nitrogen and oxygen atoms in total. The molecule has 2 rings (SSSR count). The average Bonchev–Trinajstić information content (AvgIpc) is 2.89. The van der Waals surface area contributed by atoms with E-state index >= 15 is 0 Å². The van der Waals surface area contributed by atoms with Gasteiger partial charge in [-0.2, -0.15) is 0 Å². The molecule has 17 heavy (non-hydrogen) atoms. The van der Waals surface area contributed by atoms with E-state index in [1.165, 1.54) is 19.5 Å². The molecule has 1 atom stereocenters. The molecular formula is C13H23N3O. The molecule has 0 aromatic carbocycles. The molecule has 1 N–H and O–H groups in total. The number of rotatable bonds is 5. The van der Waals surface area contributed by atoms with Gasteiger partial charge in [0, 0.05) is 25.6 Å². The predicted octanol–water partition coefficient (Wildman–Crippen LogP) is 1.67. The third-order valence-electron chi connectivity index (χ3n) is 3.47. The van der Waals surface area contributed by atoms with E-state index in [2.05, 4.69) is 29.0 Å². The molecule has 1 saturated heterocycles. The van der Waals surface area contributed by atoms with Crippen molar-refractivity contribution in [2.75, 3.05) is 20.1 Å². The van der Waals surface area contributed by atoms with E-state index in [4.69, 9.17) is 4.42 Å². The highest BCUT2D eigenvalue weighted by molar-refractivity contribution is 4.97. The molecule has 0 radical (unpaired) electrons. The second-order valence-electron chi connectivity index (χ2n) is 5.21. The summed E-state index contributed by atoms with van der Waals surface area (Å²) in [7, 11) is 1.92. The summed E-state index contributed by atoms with van der Waals surface area (Å²) < 4.78 is 5.51. The number of nitrogens with one attached hydrogen (secondary N) is 1. The maximum absolute atomic E-state index is 5.51. The van der Waals surface area contributed by atoms with Gasteiger partial charge in [0.15, 0.2) is 5.89 Å². The van der Waals surface area contributed by atoms with Gasteiger partial charge in [0.05, 0.1) is 5.69 Å². The molecule has 0 saturated carbocycles. The zero-order valence-corrected chi connectivity index (χ0v) is 11.1. The van der Waals surface area contributed by atoms with Crippen molar-refractivity contribution in [1.82, 2.24) is 15.2 Å². The second-order valence-corrected chi connectivity index (χ2v) is 5.21. The van der Waals surface area contributed by atoms with Crippen LogP contribution in [0.15, 0.2) is 10.7 Å². The zero-order chi connectivity index (χ0) is 12.3. The summed E-state index contributed by atoms with van der Waals surface area (Å²) in [6.07, 6.45) is 4.01. The van der Waals surface area contributed by atoms with Crippen LogP contribution in [0.4, 0.5) is 0 Å². The SMILES string of the molecule is CNCc1coc(CC2CCN(C(C)C)C2)n1. The third kappa shape index (κ3) is 3.30. The summed E-state index contributed by atoms with van der Waals surface area (Å²) in [5.41, 5.74) is 1.00. The molecule has 1 fully saturated rings. The van der Waals surface area contributed by atoms with Gasteiger partial charge in [0.2, 0.25) is 0 Å². The number of likely N-dealkylation sites (tertiary alicyclic amines) is 1. The predicted molar refractivity (Wildman–Crippen MR) is 67.8 cm³/mol. The third-order valence-corrected chi connectivity index (χ3v) is 3.47. The van der Waals surface area contributed by atoms with Crippen LogP contribution in [0.5, 0.6) is 0 Å². The molecule has 0 spiro atoms. The molecule has 96 valence electrons. The van der Waals surface area contributed by atoms with E-state index in [-0.39, 0.29) is 0 Å². The Morgan fingerprint density at radius 3 is 3.06 bits per heavy atom. The van der Waals surface area contributed by atoms with Crippen LogP contribution < -0.4 is 5.32 Å². The van der Waals surface area contributed by atoms with Crippen molar-refractivity contribution in [3.05, 3.63) is 17.8 Å². The van der Waals surface area contributed by atoms with Crippen LogP contribution in [0.2, 0.25) is 0 Å². The smallest absolute Gasteiger partial charge is 0.194 e. The van der Waals surface area contributed by atoms with E-state index in [0.717, 1.165) is 24.6 Å². The van der Waals surface area contributed by atoms with E-state index in [1.807, 2.05) is 7.05 Å². The molecule has 0 aliphatic carbocycles. The van der Waals surface area contributed by atoms with Gasteiger partial charge in [-0.05, 0) is 39.8 Å². The Hall–Kier alpha value is -0.870. The van der Waals surface area contributed by atoms with Crippen molar-refractivity contribution in [2.24, 2.45) is 5.92 Å².